The predicted molar refractivity (Wildman–Crippen MR) is 158 cm³/mol. The molecule has 0 aliphatic carbocycles. The SMILES string of the molecule is Cl.O=C1OCC(CCN2CCC(Cc3ccccc3)CC2)(c2ccc(Cl)c(Cl)c2)CN1Cc1ccccc1. The van der Waals surface area contributed by atoms with Gasteiger partial charge in [-0.1, -0.05) is 89.9 Å². The standard InChI is InChI=1S/C31H34Cl2N2O2.ClH/c32-28-12-11-27(20-29(28)33)31(22-35(30(36)37-23-31)21-26-9-5-2-6-10-26)15-18-34-16-13-25(14-17-34)19-24-7-3-1-4-8-24;/h1-12,20,25H,13-19,21-23H2;1H. The minimum atomic E-state index is -0.349. The van der Waals surface area contributed by atoms with Crippen molar-refractivity contribution in [2.24, 2.45) is 5.92 Å². The van der Waals surface area contributed by atoms with Crippen LogP contribution in [0.3, 0.4) is 0 Å². The predicted octanol–water partition coefficient (Wildman–Crippen LogP) is 7.65. The first-order valence-corrected chi connectivity index (χ1v) is 13.9. The fraction of sp³-hybridized carbons (Fsp3) is 0.387. The molecule has 0 aromatic heterocycles. The second-order valence-corrected chi connectivity index (χ2v) is 11.3. The number of halogens is 3. The van der Waals surface area contributed by atoms with Gasteiger partial charge in [-0.25, -0.2) is 4.79 Å². The lowest BCUT2D eigenvalue weighted by Gasteiger charge is -2.44. The van der Waals surface area contributed by atoms with Crippen molar-refractivity contribution in [3.05, 3.63) is 106 Å². The topological polar surface area (TPSA) is 32.8 Å². The van der Waals surface area contributed by atoms with E-state index in [0.717, 1.165) is 49.5 Å². The minimum absolute atomic E-state index is 0. The molecule has 38 heavy (non-hydrogen) atoms. The molecule has 1 amide bonds. The molecule has 4 nitrogen and oxygen atoms in total. The molecule has 2 aliphatic heterocycles. The van der Waals surface area contributed by atoms with Gasteiger partial charge in [-0.05, 0) is 80.1 Å². The fourth-order valence-corrected chi connectivity index (χ4v) is 6.02. The Kier molecular flexibility index (Phi) is 10.00. The summed E-state index contributed by atoms with van der Waals surface area (Å²) in [6.07, 6.45) is 4.20. The van der Waals surface area contributed by atoms with Crippen molar-refractivity contribution in [3.8, 4) is 0 Å². The van der Waals surface area contributed by atoms with Crippen LogP contribution in [0.1, 0.15) is 36.0 Å². The summed E-state index contributed by atoms with van der Waals surface area (Å²) in [6.45, 7) is 4.61. The highest BCUT2D eigenvalue weighted by Crippen LogP contribution is 2.37. The van der Waals surface area contributed by atoms with Crippen LogP contribution in [0, 0.1) is 5.92 Å². The van der Waals surface area contributed by atoms with Crippen LogP contribution in [0.15, 0.2) is 78.9 Å². The first kappa shape index (κ1) is 28.8. The van der Waals surface area contributed by atoms with Gasteiger partial charge in [0, 0.05) is 18.5 Å². The second-order valence-electron chi connectivity index (χ2n) is 10.5. The molecular formula is C31H35Cl3N2O2. The summed E-state index contributed by atoms with van der Waals surface area (Å²) < 4.78 is 5.82. The first-order valence-electron chi connectivity index (χ1n) is 13.2. The van der Waals surface area contributed by atoms with E-state index in [9.17, 15) is 4.79 Å². The number of benzene rings is 3. The van der Waals surface area contributed by atoms with Crippen molar-refractivity contribution >= 4 is 41.7 Å². The number of hydrogen-bond acceptors (Lipinski definition) is 3. The Bertz CT molecular complexity index is 1190. The van der Waals surface area contributed by atoms with Crippen LogP contribution in [-0.4, -0.2) is 48.7 Å². The molecule has 202 valence electrons. The molecule has 0 N–H and O–H groups in total. The number of nitrogens with zero attached hydrogens (tertiary/aromatic N) is 2. The zero-order valence-electron chi connectivity index (χ0n) is 21.5. The average Bonchev–Trinajstić information content (AvgIpc) is 2.93. The summed E-state index contributed by atoms with van der Waals surface area (Å²) >= 11 is 12.7. The number of likely N-dealkylation sites (tertiary alicyclic amines) is 1. The van der Waals surface area contributed by atoms with E-state index in [2.05, 4.69) is 35.2 Å². The van der Waals surface area contributed by atoms with Crippen LogP contribution >= 0.6 is 35.6 Å². The van der Waals surface area contributed by atoms with Gasteiger partial charge >= 0.3 is 6.09 Å². The van der Waals surface area contributed by atoms with Gasteiger partial charge in [0.25, 0.3) is 0 Å². The van der Waals surface area contributed by atoms with Gasteiger partial charge in [0.05, 0.1) is 10.0 Å². The number of carbonyl (C=O) groups excluding carboxylic acids is 1. The van der Waals surface area contributed by atoms with E-state index in [4.69, 9.17) is 27.9 Å². The van der Waals surface area contributed by atoms with Crippen LogP contribution < -0.4 is 0 Å². The molecule has 3 aromatic carbocycles. The number of hydrogen-bond donors (Lipinski definition) is 0. The number of carbonyl (C=O) groups is 1. The molecule has 3 aromatic rings. The molecule has 0 spiro atoms. The Labute approximate surface area is 242 Å². The minimum Gasteiger partial charge on any atom is -0.448 e. The Morgan fingerprint density at radius 1 is 0.868 bits per heavy atom. The van der Waals surface area contributed by atoms with Gasteiger partial charge in [0.1, 0.15) is 6.61 Å². The lowest BCUT2D eigenvalue weighted by atomic mass is 9.76. The molecule has 2 fully saturated rings. The summed E-state index contributed by atoms with van der Waals surface area (Å²) in [5, 5.41) is 1.07. The maximum Gasteiger partial charge on any atom is 0.410 e. The van der Waals surface area contributed by atoms with Gasteiger partial charge < -0.3 is 14.5 Å². The largest absolute Gasteiger partial charge is 0.448 e. The van der Waals surface area contributed by atoms with E-state index < -0.39 is 0 Å². The summed E-state index contributed by atoms with van der Waals surface area (Å²) in [4.78, 5) is 17.2. The zero-order chi connectivity index (χ0) is 25.7. The van der Waals surface area contributed by atoms with Gasteiger partial charge in [-0.3, -0.25) is 0 Å². The van der Waals surface area contributed by atoms with Crippen LogP contribution in [0.4, 0.5) is 4.79 Å². The number of rotatable bonds is 8. The van der Waals surface area contributed by atoms with E-state index >= 15 is 0 Å². The lowest BCUT2D eigenvalue weighted by molar-refractivity contribution is 0.0162. The molecule has 1 atom stereocenters. The third-order valence-corrected chi connectivity index (χ3v) is 8.69. The number of ether oxygens (including phenoxy) is 1. The van der Waals surface area contributed by atoms with Crippen molar-refractivity contribution in [2.45, 2.75) is 37.6 Å². The smallest absolute Gasteiger partial charge is 0.410 e. The Morgan fingerprint density at radius 3 is 2.18 bits per heavy atom. The Balaban J connectivity index is 0.00000336. The Hall–Kier alpha value is -2.24. The number of amides is 1. The maximum atomic E-state index is 12.8. The van der Waals surface area contributed by atoms with Crippen LogP contribution in [-0.2, 0) is 23.1 Å². The van der Waals surface area contributed by atoms with Crippen molar-refractivity contribution < 1.29 is 9.53 Å². The Morgan fingerprint density at radius 2 is 1.53 bits per heavy atom. The first-order chi connectivity index (χ1) is 18.0. The highest BCUT2D eigenvalue weighted by atomic mass is 35.5. The third kappa shape index (κ3) is 7.04. The molecule has 0 bridgehead atoms. The van der Waals surface area contributed by atoms with E-state index in [-0.39, 0.29) is 23.9 Å². The van der Waals surface area contributed by atoms with Gasteiger partial charge in [-0.15, -0.1) is 12.4 Å². The normalized spacial score (nSPS) is 20.6. The molecule has 7 heteroatoms. The van der Waals surface area contributed by atoms with E-state index in [1.165, 1.54) is 18.4 Å². The molecule has 2 saturated heterocycles. The zero-order valence-corrected chi connectivity index (χ0v) is 23.9. The van der Waals surface area contributed by atoms with E-state index in [1.807, 2.05) is 53.4 Å². The quantitative estimate of drug-likeness (QED) is 0.277. The third-order valence-electron chi connectivity index (χ3n) is 7.95. The molecule has 2 aliphatic rings. The lowest BCUT2D eigenvalue weighted by Crippen LogP contribution is -2.53. The van der Waals surface area contributed by atoms with Crippen LogP contribution in [0.2, 0.25) is 10.0 Å². The van der Waals surface area contributed by atoms with Crippen molar-refractivity contribution in [2.75, 3.05) is 32.8 Å². The molecule has 0 saturated carbocycles. The monoisotopic (exact) mass is 572 g/mol. The highest BCUT2D eigenvalue weighted by Gasteiger charge is 2.42. The number of piperidine rings is 1. The molecule has 2 heterocycles. The highest BCUT2D eigenvalue weighted by molar-refractivity contribution is 6.42. The molecule has 5 rings (SSSR count). The number of cyclic esters (lactones) is 1. The van der Waals surface area contributed by atoms with Crippen molar-refractivity contribution in [3.63, 3.8) is 0 Å². The summed E-state index contributed by atoms with van der Waals surface area (Å²) in [7, 11) is 0. The fourth-order valence-electron chi connectivity index (χ4n) is 5.72. The molecule has 0 radical (unpaired) electrons. The second kappa shape index (κ2) is 13.2. The van der Waals surface area contributed by atoms with E-state index in [0.29, 0.717) is 29.7 Å². The van der Waals surface area contributed by atoms with Gasteiger partial charge in [0.15, 0.2) is 0 Å². The molecular weight excluding hydrogens is 539 g/mol. The molecule has 1 unspecified atom stereocenters. The summed E-state index contributed by atoms with van der Waals surface area (Å²) in [5.74, 6) is 0.736. The van der Waals surface area contributed by atoms with Crippen LogP contribution in [0.25, 0.3) is 0 Å². The van der Waals surface area contributed by atoms with E-state index in [1.54, 1.807) is 0 Å². The van der Waals surface area contributed by atoms with Gasteiger partial charge in [-0.2, -0.15) is 0 Å². The maximum absolute atomic E-state index is 12.8. The average molecular weight is 574 g/mol. The van der Waals surface area contributed by atoms with Crippen molar-refractivity contribution in [1.29, 1.82) is 0 Å². The van der Waals surface area contributed by atoms with Crippen LogP contribution in [0.5, 0.6) is 0 Å². The summed E-state index contributed by atoms with van der Waals surface area (Å²) in [6, 6.07) is 26.7. The summed E-state index contributed by atoms with van der Waals surface area (Å²) in [5.41, 5.74) is 3.25. The van der Waals surface area contributed by atoms with Crippen molar-refractivity contribution in [1.82, 2.24) is 9.80 Å². The van der Waals surface area contributed by atoms with Gasteiger partial charge in [0.2, 0.25) is 0 Å².